The van der Waals surface area contributed by atoms with Gasteiger partial charge < -0.3 is 10.1 Å². The Kier molecular flexibility index (Phi) is 4.51. The molecule has 1 atom stereocenters. The maximum absolute atomic E-state index is 9.32. The van der Waals surface area contributed by atoms with Gasteiger partial charge in [-0.1, -0.05) is 0 Å². The topological polar surface area (TPSA) is 52.2 Å². The lowest BCUT2D eigenvalue weighted by Gasteiger charge is -2.35. The highest BCUT2D eigenvalue weighted by atomic mass is 32.2. The molecule has 2 aromatic rings. The number of imidazole rings is 1. The van der Waals surface area contributed by atoms with Crippen LogP contribution < -0.4 is 0 Å². The van der Waals surface area contributed by atoms with Crippen molar-refractivity contribution in [2.24, 2.45) is 0 Å². The molecule has 2 heterocycles. The summed E-state index contributed by atoms with van der Waals surface area (Å²) in [5, 5.41) is 9.99. The van der Waals surface area contributed by atoms with Crippen molar-refractivity contribution >= 4 is 11.8 Å². The summed E-state index contributed by atoms with van der Waals surface area (Å²) in [5.41, 5.74) is 0. The minimum Gasteiger partial charge on any atom is -0.508 e. The molecule has 1 aliphatic rings. The van der Waals surface area contributed by atoms with Gasteiger partial charge in [0.15, 0.2) is 0 Å². The van der Waals surface area contributed by atoms with E-state index in [9.17, 15) is 5.11 Å². The van der Waals surface area contributed by atoms with E-state index in [1.54, 1.807) is 12.1 Å². The molecule has 0 amide bonds. The number of aromatic nitrogens is 2. The first-order valence-electron chi connectivity index (χ1n) is 7.41. The van der Waals surface area contributed by atoms with E-state index in [4.69, 9.17) is 0 Å². The first-order chi connectivity index (χ1) is 10.2. The third-order valence-corrected chi connectivity index (χ3v) is 5.43. The van der Waals surface area contributed by atoms with E-state index in [2.05, 4.69) is 21.8 Å². The van der Waals surface area contributed by atoms with Crippen LogP contribution in [0.3, 0.4) is 0 Å². The molecule has 112 valence electrons. The first-order valence-corrected chi connectivity index (χ1v) is 8.29. The second kappa shape index (κ2) is 6.54. The lowest BCUT2D eigenvalue weighted by atomic mass is 10.1. The Morgan fingerprint density at radius 3 is 2.62 bits per heavy atom. The number of aromatic hydroxyl groups is 1. The highest BCUT2D eigenvalue weighted by Gasteiger charge is 2.25. The van der Waals surface area contributed by atoms with E-state index in [0.717, 1.165) is 18.9 Å². The predicted octanol–water partition coefficient (Wildman–Crippen LogP) is 3.43. The molecule has 0 spiro atoms. The van der Waals surface area contributed by atoms with Gasteiger partial charge in [0.2, 0.25) is 0 Å². The fourth-order valence-electron chi connectivity index (χ4n) is 2.78. The van der Waals surface area contributed by atoms with Gasteiger partial charge in [0, 0.05) is 22.5 Å². The van der Waals surface area contributed by atoms with Crippen LogP contribution in [0.1, 0.15) is 31.6 Å². The first kappa shape index (κ1) is 14.5. The Morgan fingerprint density at radius 2 is 2.00 bits per heavy atom. The number of phenolic OH excluding ortho intramolecular Hbond substituents is 1. The van der Waals surface area contributed by atoms with Gasteiger partial charge in [-0.2, -0.15) is 0 Å². The van der Waals surface area contributed by atoms with E-state index < -0.39 is 0 Å². The summed E-state index contributed by atoms with van der Waals surface area (Å²) in [5.74, 6) is 1.39. The number of thioether (sulfide) groups is 1. The number of nitrogens with zero attached hydrogens (tertiary/aromatic N) is 2. The molecule has 21 heavy (non-hydrogen) atoms. The zero-order valence-corrected chi connectivity index (χ0v) is 13.0. The van der Waals surface area contributed by atoms with E-state index >= 15 is 0 Å². The van der Waals surface area contributed by atoms with Gasteiger partial charge in [-0.15, -0.1) is 11.8 Å². The number of aromatic amines is 1. The SMILES string of the molecule is CC(c1ncc[nH]1)N1CCC(Sc2ccc(O)cc2)CC1. The summed E-state index contributed by atoms with van der Waals surface area (Å²) < 4.78 is 0. The molecule has 2 N–H and O–H groups in total. The van der Waals surface area contributed by atoms with Gasteiger partial charge in [-0.3, -0.25) is 4.90 Å². The molecule has 1 unspecified atom stereocenters. The van der Waals surface area contributed by atoms with Crippen molar-refractivity contribution in [2.75, 3.05) is 13.1 Å². The third kappa shape index (κ3) is 3.60. The molecule has 1 aromatic heterocycles. The number of hydrogen-bond acceptors (Lipinski definition) is 4. The quantitative estimate of drug-likeness (QED) is 0.908. The van der Waals surface area contributed by atoms with Gasteiger partial charge in [0.05, 0.1) is 6.04 Å². The van der Waals surface area contributed by atoms with Crippen LogP contribution in [0.5, 0.6) is 5.75 Å². The molecular formula is C16H21N3OS. The van der Waals surface area contributed by atoms with Crippen molar-refractivity contribution in [3.63, 3.8) is 0 Å². The Balaban J connectivity index is 1.52. The lowest BCUT2D eigenvalue weighted by Crippen LogP contribution is -2.37. The van der Waals surface area contributed by atoms with Crippen LogP contribution in [0.15, 0.2) is 41.6 Å². The van der Waals surface area contributed by atoms with Crippen LogP contribution >= 0.6 is 11.8 Å². The van der Waals surface area contributed by atoms with Crippen LogP contribution in [0, 0.1) is 0 Å². The zero-order valence-electron chi connectivity index (χ0n) is 12.2. The second-order valence-electron chi connectivity index (χ2n) is 5.50. The number of rotatable bonds is 4. The molecule has 5 heteroatoms. The summed E-state index contributed by atoms with van der Waals surface area (Å²) in [6, 6.07) is 7.88. The van der Waals surface area contributed by atoms with Crippen LogP contribution in [-0.2, 0) is 0 Å². The maximum atomic E-state index is 9.32. The number of hydrogen-bond donors (Lipinski definition) is 2. The highest BCUT2D eigenvalue weighted by Crippen LogP contribution is 2.33. The van der Waals surface area contributed by atoms with Crippen molar-refractivity contribution in [3.8, 4) is 5.75 Å². The maximum Gasteiger partial charge on any atom is 0.123 e. The van der Waals surface area contributed by atoms with E-state index in [-0.39, 0.29) is 0 Å². The summed E-state index contributed by atoms with van der Waals surface area (Å²) in [7, 11) is 0. The lowest BCUT2D eigenvalue weighted by molar-refractivity contribution is 0.172. The van der Waals surface area contributed by atoms with Crippen molar-refractivity contribution in [1.29, 1.82) is 0 Å². The summed E-state index contributed by atoms with van der Waals surface area (Å²) >= 11 is 1.92. The predicted molar refractivity (Wildman–Crippen MR) is 85.6 cm³/mol. The van der Waals surface area contributed by atoms with Crippen LogP contribution in [0.4, 0.5) is 0 Å². The second-order valence-corrected chi connectivity index (χ2v) is 6.87. The standard InChI is InChI=1S/C16H21N3OS/c1-12(16-17-8-9-18-16)19-10-6-15(7-11-19)21-14-4-2-13(20)3-5-14/h2-5,8-9,12,15,20H,6-7,10-11H2,1H3,(H,17,18). The fraction of sp³-hybridized carbons (Fsp3) is 0.438. The third-order valence-electron chi connectivity index (χ3n) is 4.08. The Labute approximate surface area is 129 Å². The summed E-state index contributed by atoms with van der Waals surface area (Å²) in [6.07, 6.45) is 6.09. The minimum absolute atomic E-state index is 0.335. The summed E-state index contributed by atoms with van der Waals surface area (Å²) in [4.78, 5) is 11.3. The average Bonchev–Trinajstić information content (AvgIpc) is 3.04. The normalized spacial score (nSPS) is 18.7. The van der Waals surface area contributed by atoms with E-state index in [1.807, 2.05) is 36.3 Å². The molecule has 0 radical (unpaired) electrons. The Morgan fingerprint density at radius 1 is 1.29 bits per heavy atom. The number of H-pyrrole nitrogens is 1. The Hall–Kier alpha value is -1.46. The van der Waals surface area contributed by atoms with E-state index in [1.165, 1.54) is 17.7 Å². The molecular weight excluding hydrogens is 282 g/mol. The molecule has 0 saturated carbocycles. The average molecular weight is 303 g/mol. The number of benzene rings is 1. The van der Waals surface area contributed by atoms with Crippen LogP contribution in [-0.4, -0.2) is 38.3 Å². The van der Waals surface area contributed by atoms with Gasteiger partial charge in [0.1, 0.15) is 11.6 Å². The van der Waals surface area contributed by atoms with Crippen molar-refractivity contribution in [3.05, 3.63) is 42.5 Å². The van der Waals surface area contributed by atoms with Crippen LogP contribution in [0.2, 0.25) is 0 Å². The smallest absolute Gasteiger partial charge is 0.123 e. The Bertz CT molecular complexity index is 547. The molecule has 1 fully saturated rings. The largest absolute Gasteiger partial charge is 0.508 e. The number of phenols is 1. The summed E-state index contributed by atoms with van der Waals surface area (Å²) in [6.45, 7) is 4.43. The molecule has 0 aliphatic carbocycles. The molecule has 1 aromatic carbocycles. The molecule has 3 rings (SSSR count). The fourth-order valence-corrected chi connectivity index (χ4v) is 3.90. The highest BCUT2D eigenvalue weighted by molar-refractivity contribution is 8.00. The number of likely N-dealkylation sites (tertiary alicyclic amines) is 1. The van der Waals surface area contributed by atoms with E-state index in [0.29, 0.717) is 17.0 Å². The van der Waals surface area contributed by atoms with Gasteiger partial charge in [-0.25, -0.2) is 4.98 Å². The van der Waals surface area contributed by atoms with Crippen molar-refractivity contribution in [1.82, 2.24) is 14.9 Å². The number of piperidine rings is 1. The minimum atomic E-state index is 0.335. The van der Waals surface area contributed by atoms with Gasteiger partial charge >= 0.3 is 0 Å². The molecule has 1 saturated heterocycles. The zero-order chi connectivity index (χ0) is 14.7. The van der Waals surface area contributed by atoms with Gasteiger partial charge in [0.25, 0.3) is 0 Å². The monoisotopic (exact) mass is 303 g/mol. The molecule has 1 aliphatic heterocycles. The molecule has 0 bridgehead atoms. The van der Waals surface area contributed by atoms with Crippen LogP contribution in [0.25, 0.3) is 0 Å². The number of nitrogens with one attached hydrogen (secondary N) is 1. The van der Waals surface area contributed by atoms with Gasteiger partial charge in [-0.05, 0) is 57.1 Å². The van der Waals surface area contributed by atoms with Crippen molar-refractivity contribution in [2.45, 2.75) is 36.0 Å². The molecule has 4 nitrogen and oxygen atoms in total. The van der Waals surface area contributed by atoms with Crippen molar-refractivity contribution < 1.29 is 5.11 Å².